The van der Waals surface area contributed by atoms with E-state index < -0.39 is 0 Å². The lowest BCUT2D eigenvalue weighted by Crippen LogP contribution is -2.17. The number of hydrogen-bond acceptors (Lipinski definition) is 2. The first-order valence-electron chi connectivity index (χ1n) is 26.5. The minimum absolute atomic E-state index is 0.0650. The van der Waals surface area contributed by atoms with Crippen LogP contribution in [0.4, 0.5) is 22.7 Å². The summed E-state index contributed by atoms with van der Waals surface area (Å²) in [5.74, 6) is 2.31. The van der Waals surface area contributed by atoms with Crippen molar-refractivity contribution in [1.29, 1.82) is 0 Å². The Morgan fingerprint density at radius 2 is 1.01 bits per heavy atom. The van der Waals surface area contributed by atoms with Gasteiger partial charge in [-0.25, -0.2) is 4.98 Å². The van der Waals surface area contributed by atoms with Crippen molar-refractivity contribution in [3.63, 3.8) is 0 Å². The number of ether oxygens (including phenoxy) is 1. The van der Waals surface area contributed by atoms with Gasteiger partial charge >= 0.3 is 11.7 Å². The van der Waals surface area contributed by atoms with E-state index in [0.717, 1.165) is 73.1 Å². The van der Waals surface area contributed by atoms with E-state index >= 15 is 0 Å². The predicted octanol–water partition coefficient (Wildman–Crippen LogP) is 18.6. The van der Waals surface area contributed by atoms with Crippen LogP contribution in [0.3, 0.4) is 0 Å². The van der Waals surface area contributed by atoms with Crippen LogP contribution >= 0.6 is 0 Å². The quantitative estimate of drug-likeness (QED) is 0.149. The van der Waals surface area contributed by atoms with E-state index in [4.69, 9.17) is 9.72 Å². The molecule has 9 aromatic carbocycles. The lowest BCUT2D eigenvalue weighted by atomic mass is 9.80. The summed E-state index contributed by atoms with van der Waals surface area (Å²) in [6, 6.07) is 76.4. The minimum Gasteiger partial charge on any atom is -0.457 e. The molecular weight excluding hydrogens is 927 g/mol. The fourth-order valence-electron chi connectivity index (χ4n) is 11.3. The van der Waals surface area contributed by atoms with Crippen molar-refractivity contribution in [2.45, 2.75) is 78.6 Å². The van der Waals surface area contributed by atoms with Crippen LogP contribution in [0.15, 0.2) is 206 Å². The van der Waals surface area contributed by atoms with E-state index in [1.165, 1.54) is 54.8 Å². The van der Waals surface area contributed by atoms with Gasteiger partial charge in [-0.1, -0.05) is 159 Å². The highest BCUT2D eigenvalue weighted by atomic mass is 16.5. The average molecular weight is 988 g/mol. The molecule has 13 rings (SSSR count). The molecule has 6 heteroatoms. The van der Waals surface area contributed by atoms with Gasteiger partial charge in [-0.05, 0) is 125 Å². The summed E-state index contributed by atoms with van der Waals surface area (Å²) in [5, 5.41) is 7.15. The second-order valence-corrected chi connectivity index (χ2v) is 23.6. The molecule has 370 valence electrons. The van der Waals surface area contributed by atoms with Crippen molar-refractivity contribution in [2.24, 2.45) is 0 Å². The Bertz CT molecular complexity index is 4330. The van der Waals surface area contributed by atoms with Gasteiger partial charge < -0.3 is 9.30 Å². The first-order chi connectivity index (χ1) is 36.6. The number of rotatable bonds is 7. The second-order valence-electron chi connectivity index (χ2n) is 23.6. The largest absolute Gasteiger partial charge is 0.503 e. The van der Waals surface area contributed by atoms with Crippen LogP contribution in [0.1, 0.15) is 79.0 Å². The molecule has 0 bridgehead atoms. The first-order valence-corrected chi connectivity index (χ1v) is 26.5. The molecule has 3 aromatic heterocycles. The summed E-state index contributed by atoms with van der Waals surface area (Å²) in [7, 11) is 0. The van der Waals surface area contributed by atoms with Crippen LogP contribution in [0, 0.1) is 0 Å². The standard InChI is InChI=1S/C70H61N5O/c1-68(2,3)46-35-36-71-66(40-46)75-63-34-31-50(74-61-28-14-12-24-56(61)57-25-13-15-29-62(57)74)42-60(63)58-33-32-53(43-65(58)75)76-52-22-17-21-49(41-52)72-44-73(51-38-47(69(4,5)6)37-48(39-51)70(7,8)9)67-59(27-18-30-64(67)72)55-26-16-20-45-19-10-11-23-54(45)55/h10-43H,1-9H3/q+2. The highest BCUT2D eigenvalue weighted by molar-refractivity contribution is 6.12. The molecule has 0 spiro atoms. The zero-order valence-corrected chi connectivity index (χ0v) is 44.8. The van der Waals surface area contributed by atoms with E-state index in [1.54, 1.807) is 0 Å². The number of para-hydroxylation sites is 3. The first kappa shape index (κ1) is 46.9. The lowest BCUT2D eigenvalue weighted by molar-refractivity contribution is 0.483. The Kier molecular flexibility index (Phi) is 10.7. The third-order valence-corrected chi connectivity index (χ3v) is 15.4. The molecule has 0 atom stereocenters. The summed E-state index contributed by atoms with van der Waals surface area (Å²) < 4.78 is 16.1. The molecule has 0 unspecified atom stereocenters. The maximum absolute atomic E-state index is 6.97. The Morgan fingerprint density at radius 3 is 1.74 bits per heavy atom. The third-order valence-electron chi connectivity index (χ3n) is 15.4. The topological polar surface area (TPSA) is 38.0 Å². The number of aromatic nitrogens is 3. The third kappa shape index (κ3) is 7.91. The maximum Gasteiger partial charge on any atom is 0.503 e. The molecule has 12 aromatic rings. The fourth-order valence-corrected chi connectivity index (χ4v) is 11.3. The van der Waals surface area contributed by atoms with Crippen LogP contribution in [0.25, 0.3) is 77.0 Å². The van der Waals surface area contributed by atoms with Crippen molar-refractivity contribution >= 4 is 83.1 Å². The smallest absolute Gasteiger partial charge is 0.457 e. The molecule has 0 saturated carbocycles. The summed E-state index contributed by atoms with van der Waals surface area (Å²) in [5.41, 5.74) is 15.6. The van der Waals surface area contributed by atoms with Crippen molar-refractivity contribution in [1.82, 2.24) is 23.3 Å². The van der Waals surface area contributed by atoms with Gasteiger partial charge in [-0.2, -0.15) is 0 Å². The second kappa shape index (κ2) is 17.4. The highest BCUT2D eigenvalue weighted by Crippen LogP contribution is 2.47. The van der Waals surface area contributed by atoms with Gasteiger partial charge in [0.05, 0.1) is 33.7 Å². The molecule has 0 saturated heterocycles. The summed E-state index contributed by atoms with van der Waals surface area (Å²) in [6.45, 7) is 20.5. The van der Waals surface area contributed by atoms with Crippen LogP contribution < -0.4 is 13.9 Å². The monoisotopic (exact) mass is 987 g/mol. The van der Waals surface area contributed by atoms with Gasteiger partial charge in [0.2, 0.25) is 11.4 Å². The van der Waals surface area contributed by atoms with Crippen LogP contribution in [-0.4, -0.2) is 20.1 Å². The van der Waals surface area contributed by atoms with Crippen molar-refractivity contribution in [3.8, 4) is 34.1 Å². The van der Waals surface area contributed by atoms with Crippen molar-refractivity contribution in [2.75, 3.05) is 0 Å². The summed E-state index contributed by atoms with van der Waals surface area (Å²) in [6.07, 6.45) is 1.94. The number of benzene rings is 9. The van der Waals surface area contributed by atoms with Gasteiger partial charge in [0.1, 0.15) is 17.3 Å². The Balaban J connectivity index is 0.962. The highest BCUT2D eigenvalue weighted by Gasteiger charge is 2.41. The zero-order chi connectivity index (χ0) is 52.3. The Hall–Kier alpha value is -8.83. The van der Waals surface area contributed by atoms with Crippen LogP contribution in [-0.2, 0) is 16.2 Å². The molecule has 0 aliphatic carbocycles. The van der Waals surface area contributed by atoms with E-state index in [9.17, 15) is 0 Å². The van der Waals surface area contributed by atoms with Crippen LogP contribution in [0.5, 0.6) is 11.5 Å². The summed E-state index contributed by atoms with van der Waals surface area (Å²) in [4.78, 5) is 5.04. The molecule has 0 amide bonds. The van der Waals surface area contributed by atoms with E-state index in [1.807, 2.05) is 12.3 Å². The number of hydrogen-bond donors (Lipinski definition) is 0. The SMILES string of the molecule is CC(C)(C)c1cc([N+]2=C=[N+](c3cccc(Oc4ccc5c6cc(-n7c8ccccc8c8ccccc87)ccc6n(-c6cc(C(C)(C)C)ccn6)c5c4)c3)c3cccc(-c4cccc5ccccc45)c32)cc(C(C)(C)C)c1. The predicted molar refractivity (Wildman–Crippen MR) is 319 cm³/mol. The van der Waals surface area contributed by atoms with Gasteiger partial charge in [0.15, 0.2) is 0 Å². The molecule has 1 aliphatic heterocycles. The molecule has 0 radical (unpaired) electrons. The van der Waals surface area contributed by atoms with Gasteiger partial charge in [-0.3, -0.25) is 4.57 Å². The normalized spacial score (nSPS) is 13.0. The zero-order valence-electron chi connectivity index (χ0n) is 44.8. The number of pyridine rings is 1. The lowest BCUT2D eigenvalue weighted by Gasteiger charge is -2.24. The Morgan fingerprint density at radius 1 is 0.408 bits per heavy atom. The molecular formula is C70H61N5O+2. The van der Waals surface area contributed by atoms with Gasteiger partial charge in [-0.15, -0.1) is 0 Å². The van der Waals surface area contributed by atoms with Gasteiger partial charge in [0, 0.05) is 63.8 Å². The van der Waals surface area contributed by atoms with Gasteiger partial charge in [0.25, 0.3) is 5.69 Å². The molecule has 76 heavy (non-hydrogen) atoms. The van der Waals surface area contributed by atoms with E-state index in [-0.39, 0.29) is 16.2 Å². The molecule has 4 heterocycles. The summed E-state index contributed by atoms with van der Waals surface area (Å²) >= 11 is 0. The maximum atomic E-state index is 6.97. The van der Waals surface area contributed by atoms with E-state index in [0.29, 0.717) is 0 Å². The molecule has 0 fully saturated rings. The van der Waals surface area contributed by atoms with E-state index in [2.05, 4.69) is 281 Å². The molecule has 0 N–H and O–H groups in total. The number of fused-ring (bicyclic) bond motifs is 8. The Labute approximate surface area is 444 Å². The molecule has 1 aliphatic rings. The minimum atomic E-state index is -0.0696. The number of nitrogens with zero attached hydrogens (tertiary/aromatic N) is 5. The average Bonchev–Trinajstić information content (AvgIpc) is 4.28. The van der Waals surface area contributed by atoms with Crippen molar-refractivity contribution < 1.29 is 4.74 Å². The van der Waals surface area contributed by atoms with Crippen molar-refractivity contribution in [3.05, 3.63) is 223 Å². The fraction of sp³-hybridized carbons (Fsp3) is 0.171. The molecule has 6 nitrogen and oxygen atoms in total. The van der Waals surface area contributed by atoms with Crippen LogP contribution in [0.2, 0.25) is 0 Å².